The first-order valence-electron chi connectivity index (χ1n) is 7.36. The number of rotatable bonds is 4. The van der Waals surface area contributed by atoms with Crippen molar-refractivity contribution in [2.75, 3.05) is 26.9 Å². The number of nitrogens with zero attached hydrogens (tertiary/aromatic N) is 3. The molecular weight excluding hydrogens is 302 g/mol. The molecule has 0 amide bonds. The first-order valence-corrected chi connectivity index (χ1v) is 7.74. The quantitative estimate of drug-likeness (QED) is 0.853. The predicted octanol–water partition coefficient (Wildman–Crippen LogP) is 2.58. The number of allylic oxidation sites excluding steroid dienone is 2. The molecule has 0 N–H and O–H groups in total. The Kier molecular flexibility index (Phi) is 4.47. The summed E-state index contributed by atoms with van der Waals surface area (Å²) in [6, 6.07) is 0. The highest BCUT2D eigenvalue weighted by Gasteiger charge is 2.42. The second-order valence-corrected chi connectivity index (χ2v) is 6.08. The normalized spacial score (nSPS) is 25.1. The Morgan fingerprint density at radius 3 is 2.91 bits per heavy atom. The summed E-state index contributed by atoms with van der Waals surface area (Å²) in [6.45, 7) is 4.92. The molecule has 0 radical (unpaired) electrons. The van der Waals surface area contributed by atoms with Crippen LogP contribution in [-0.2, 0) is 16.0 Å². The molecule has 1 aromatic heterocycles. The molecule has 2 aliphatic heterocycles. The zero-order valence-corrected chi connectivity index (χ0v) is 13.6. The third kappa shape index (κ3) is 3.02. The molecule has 1 fully saturated rings. The Balaban J connectivity index is 1.86. The van der Waals surface area contributed by atoms with Gasteiger partial charge in [0.05, 0.1) is 31.2 Å². The minimum atomic E-state index is -0.366. The molecule has 1 unspecified atom stereocenters. The van der Waals surface area contributed by atoms with Crippen LogP contribution in [0.5, 0.6) is 0 Å². The van der Waals surface area contributed by atoms with Crippen molar-refractivity contribution in [2.45, 2.75) is 25.5 Å². The Morgan fingerprint density at radius 1 is 1.41 bits per heavy atom. The second-order valence-electron chi connectivity index (χ2n) is 5.69. The standard InChI is InChI=1S/C16H20ClN3O2/c1-12-3-5-20(10-13-8-19-15(17)9-18-13)14(7-12)16(21-2)4-6-22-11-16/h3,7-9H,4-6,10-11H2,1-2H3. The SMILES string of the molecule is COC1(C2=CC(C)=CCN2Cc2cnc(Cl)cn2)CCOC1. The van der Waals surface area contributed by atoms with Crippen LogP contribution in [0.4, 0.5) is 0 Å². The number of halogens is 1. The maximum atomic E-state index is 5.85. The fourth-order valence-corrected chi connectivity index (χ4v) is 3.02. The smallest absolute Gasteiger partial charge is 0.147 e. The number of aromatic nitrogens is 2. The van der Waals surface area contributed by atoms with Crippen LogP contribution in [0.2, 0.25) is 5.15 Å². The molecule has 3 rings (SSSR count). The molecule has 22 heavy (non-hydrogen) atoms. The van der Waals surface area contributed by atoms with E-state index in [9.17, 15) is 0 Å². The lowest BCUT2D eigenvalue weighted by atomic mass is 9.93. The zero-order valence-electron chi connectivity index (χ0n) is 12.9. The molecular formula is C16H20ClN3O2. The van der Waals surface area contributed by atoms with Gasteiger partial charge in [0.15, 0.2) is 0 Å². The molecule has 6 heteroatoms. The molecule has 1 atom stereocenters. The average molecular weight is 322 g/mol. The average Bonchev–Trinajstić information content (AvgIpc) is 3.01. The number of ether oxygens (including phenoxy) is 2. The summed E-state index contributed by atoms with van der Waals surface area (Å²) in [5.41, 5.74) is 2.92. The van der Waals surface area contributed by atoms with E-state index in [-0.39, 0.29) is 5.60 Å². The summed E-state index contributed by atoms with van der Waals surface area (Å²) >= 11 is 5.81. The molecule has 118 valence electrons. The lowest BCUT2D eigenvalue weighted by Crippen LogP contribution is -2.44. The van der Waals surface area contributed by atoms with Gasteiger partial charge in [-0.2, -0.15) is 0 Å². The van der Waals surface area contributed by atoms with Crippen LogP contribution >= 0.6 is 11.6 Å². The van der Waals surface area contributed by atoms with Crippen molar-refractivity contribution in [3.63, 3.8) is 0 Å². The van der Waals surface area contributed by atoms with Gasteiger partial charge in [-0.3, -0.25) is 4.98 Å². The number of methoxy groups -OCH3 is 1. The number of hydrogen-bond acceptors (Lipinski definition) is 5. The topological polar surface area (TPSA) is 47.5 Å². The van der Waals surface area contributed by atoms with Crippen molar-refractivity contribution in [3.8, 4) is 0 Å². The van der Waals surface area contributed by atoms with Gasteiger partial charge in [-0.1, -0.05) is 23.3 Å². The van der Waals surface area contributed by atoms with E-state index in [4.69, 9.17) is 21.1 Å². The highest BCUT2D eigenvalue weighted by Crippen LogP contribution is 2.35. The third-order valence-corrected chi connectivity index (χ3v) is 4.40. The molecule has 5 nitrogen and oxygen atoms in total. The maximum absolute atomic E-state index is 5.85. The van der Waals surface area contributed by atoms with Crippen molar-refractivity contribution in [1.82, 2.24) is 14.9 Å². The molecule has 1 saturated heterocycles. The van der Waals surface area contributed by atoms with Crippen LogP contribution in [0.3, 0.4) is 0 Å². The molecule has 0 bridgehead atoms. The first-order chi connectivity index (χ1) is 10.6. The molecule has 3 heterocycles. The van der Waals surface area contributed by atoms with Gasteiger partial charge in [-0.15, -0.1) is 0 Å². The van der Waals surface area contributed by atoms with Gasteiger partial charge in [0.1, 0.15) is 10.8 Å². The summed E-state index contributed by atoms with van der Waals surface area (Å²) in [7, 11) is 1.75. The van der Waals surface area contributed by atoms with E-state index in [1.165, 1.54) is 5.57 Å². The van der Waals surface area contributed by atoms with E-state index in [0.717, 1.165) is 31.0 Å². The monoisotopic (exact) mass is 321 g/mol. The Bertz CT molecular complexity index is 592. The summed E-state index contributed by atoms with van der Waals surface area (Å²) in [5, 5.41) is 0.409. The molecule has 1 aromatic rings. The summed E-state index contributed by atoms with van der Waals surface area (Å²) in [6.07, 6.45) is 8.55. The molecule has 2 aliphatic rings. The second kappa shape index (κ2) is 6.36. The maximum Gasteiger partial charge on any atom is 0.147 e. The van der Waals surface area contributed by atoms with Gasteiger partial charge >= 0.3 is 0 Å². The van der Waals surface area contributed by atoms with Gasteiger partial charge in [0, 0.05) is 32.4 Å². The van der Waals surface area contributed by atoms with E-state index in [1.54, 1.807) is 19.5 Å². The molecule has 0 spiro atoms. The fraction of sp³-hybridized carbons (Fsp3) is 0.500. The molecule has 0 aromatic carbocycles. The Morgan fingerprint density at radius 2 is 2.27 bits per heavy atom. The van der Waals surface area contributed by atoms with E-state index >= 15 is 0 Å². The highest BCUT2D eigenvalue weighted by molar-refractivity contribution is 6.29. The zero-order chi connectivity index (χ0) is 15.6. The predicted molar refractivity (Wildman–Crippen MR) is 84.5 cm³/mol. The van der Waals surface area contributed by atoms with Gasteiger partial charge in [-0.25, -0.2) is 4.98 Å². The van der Waals surface area contributed by atoms with E-state index < -0.39 is 0 Å². The van der Waals surface area contributed by atoms with Crippen molar-refractivity contribution in [3.05, 3.63) is 46.7 Å². The van der Waals surface area contributed by atoms with Crippen molar-refractivity contribution < 1.29 is 9.47 Å². The van der Waals surface area contributed by atoms with Gasteiger partial charge in [0.25, 0.3) is 0 Å². The molecule has 0 aliphatic carbocycles. The van der Waals surface area contributed by atoms with Crippen LogP contribution in [0.15, 0.2) is 35.8 Å². The van der Waals surface area contributed by atoms with E-state index in [2.05, 4.69) is 33.9 Å². The minimum absolute atomic E-state index is 0.366. The highest BCUT2D eigenvalue weighted by atomic mass is 35.5. The summed E-state index contributed by atoms with van der Waals surface area (Å²) < 4.78 is 11.5. The van der Waals surface area contributed by atoms with Crippen molar-refractivity contribution in [2.24, 2.45) is 0 Å². The third-order valence-electron chi connectivity index (χ3n) is 4.21. The van der Waals surface area contributed by atoms with Gasteiger partial charge < -0.3 is 14.4 Å². The van der Waals surface area contributed by atoms with Crippen LogP contribution < -0.4 is 0 Å². The minimum Gasteiger partial charge on any atom is -0.378 e. The van der Waals surface area contributed by atoms with E-state index in [1.807, 2.05) is 0 Å². The Hall–Kier alpha value is -1.43. The summed E-state index contributed by atoms with van der Waals surface area (Å²) in [4.78, 5) is 10.7. The van der Waals surface area contributed by atoms with Crippen LogP contribution in [-0.4, -0.2) is 47.3 Å². The number of hydrogen-bond donors (Lipinski definition) is 0. The van der Waals surface area contributed by atoms with Crippen molar-refractivity contribution in [1.29, 1.82) is 0 Å². The van der Waals surface area contributed by atoms with Gasteiger partial charge in [0.2, 0.25) is 0 Å². The van der Waals surface area contributed by atoms with Gasteiger partial charge in [-0.05, 0) is 13.0 Å². The van der Waals surface area contributed by atoms with E-state index in [0.29, 0.717) is 18.3 Å². The van der Waals surface area contributed by atoms with Crippen molar-refractivity contribution >= 4 is 11.6 Å². The largest absolute Gasteiger partial charge is 0.378 e. The van der Waals surface area contributed by atoms with Crippen LogP contribution in [0, 0.1) is 0 Å². The molecule has 0 saturated carbocycles. The first kappa shape index (κ1) is 15.5. The Labute approximate surface area is 135 Å². The lowest BCUT2D eigenvalue weighted by Gasteiger charge is -2.39. The fourth-order valence-electron chi connectivity index (χ4n) is 2.92. The lowest BCUT2D eigenvalue weighted by molar-refractivity contribution is -0.00889. The van der Waals surface area contributed by atoms with Crippen LogP contribution in [0.1, 0.15) is 19.0 Å². The summed E-state index contributed by atoms with van der Waals surface area (Å²) in [5.74, 6) is 0. The van der Waals surface area contributed by atoms with Crippen LogP contribution in [0.25, 0.3) is 0 Å².